The molecule has 66 valence electrons. The van der Waals surface area contributed by atoms with E-state index in [-0.39, 0.29) is 6.54 Å². The van der Waals surface area contributed by atoms with Gasteiger partial charge in [-0.05, 0) is 0 Å². The van der Waals surface area contributed by atoms with Crippen molar-refractivity contribution in [3.63, 3.8) is 0 Å². The number of hydrogen-bond acceptors (Lipinski definition) is 3. The van der Waals surface area contributed by atoms with Crippen LogP contribution in [0.25, 0.3) is 0 Å². The third kappa shape index (κ3) is 2.75. The summed E-state index contributed by atoms with van der Waals surface area (Å²) in [4.78, 5) is 14.5. The number of nitrogens with zero attached hydrogens (tertiary/aromatic N) is 1. The molecule has 0 radical (unpaired) electrons. The Bertz CT molecular complexity index is 252. The predicted octanol–water partition coefficient (Wildman–Crippen LogP) is 1.29. The summed E-state index contributed by atoms with van der Waals surface area (Å²) in [5.41, 5.74) is -1.98. The van der Waals surface area contributed by atoms with Gasteiger partial charge in [0.1, 0.15) is 5.01 Å². The zero-order valence-electron chi connectivity index (χ0n) is 5.96. The van der Waals surface area contributed by atoms with E-state index >= 15 is 0 Å². The van der Waals surface area contributed by atoms with Crippen LogP contribution in [0.15, 0.2) is 11.6 Å². The molecule has 1 aromatic rings. The molecule has 0 saturated heterocycles. The molecule has 1 heterocycles. The van der Waals surface area contributed by atoms with E-state index in [9.17, 15) is 9.18 Å². The van der Waals surface area contributed by atoms with Gasteiger partial charge in [0.25, 0.3) is 11.5 Å². The summed E-state index contributed by atoms with van der Waals surface area (Å²) in [7, 11) is 0. The fraction of sp³-hybridized carbons (Fsp3) is 0.333. The first-order chi connectivity index (χ1) is 5.70. The van der Waals surface area contributed by atoms with E-state index in [1.807, 2.05) is 0 Å². The molecule has 0 saturated carbocycles. The first-order valence-corrected chi connectivity index (χ1v) is 4.46. The first-order valence-electron chi connectivity index (χ1n) is 3.14. The predicted molar refractivity (Wildman–Crippen MR) is 44.7 cm³/mol. The number of thiazole rings is 1. The number of alkyl halides is 2. The molecule has 1 atom stereocenters. The summed E-state index contributed by atoms with van der Waals surface area (Å²) in [5, 5.41) is 4.78. The van der Waals surface area contributed by atoms with Crippen LogP contribution >= 0.6 is 22.9 Å². The molecule has 1 N–H and O–H groups in total. The van der Waals surface area contributed by atoms with Gasteiger partial charge < -0.3 is 5.32 Å². The van der Waals surface area contributed by atoms with Gasteiger partial charge >= 0.3 is 0 Å². The first kappa shape index (κ1) is 9.41. The van der Waals surface area contributed by atoms with Gasteiger partial charge in [0.15, 0.2) is 0 Å². The Kier molecular flexibility index (Phi) is 3.43. The molecule has 12 heavy (non-hydrogen) atoms. The van der Waals surface area contributed by atoms with Crippen LogP contribution in [0.2, 0.25) is 0 Å². The number of halogens is 2. The van der Waals surface area contributed by atoms with Gasteiger partial charge in [-0.15, -0.1) is 11.3 Å². The van der Waals surface area contributed by atoms with E-state index in [1.54, 1.807) is 11.6 Å². The Balaban J connectivity index is 2.32. The second-order valence-electron chi connectivity index (χ2n) is 1.94. The molecule has 3 nitrogen and oxygen atoms in total. The maximum absolute atomic E-state index is 12.1. The number of aromatic nitrogens is 1. The summed E-state index contributed by atoms with van der Waals surface area (Å²) in [6.45, 7) is 0.226. The minimum absolute atomic E-state index is 0.226. The average molecular weight is 209 g/mol. The van der Waals surface area contributed by atoms with Crippen molar-refractivity contribution in [1.29, 1.82) is 0 Å². The number of carbonyl (C=O) groups excluding carboxylic acids is 1. The molecule has 1 unspecified atom stereocenters. The van der Waals surface area contributed by atoms with Crippen molar-refractivity contribution in [3.8, 4) is 0 Å². The summed E-state index contributed by atoms with van der Waals surface area (Å²) < 4.78 is 12.1. The van der Waals surface area contributed by atoms with Crippen LogP contribution in [0.4, 0.5) is 4.39 Å². The highest BCUT2D eigenvalue weighted by molar-refractivity contribution is 7.09. The molecular weight excluding hydrogens is 203 g/mol. The van der Waals surface area contributed by atoms with Crippen LogP contribution in [0, 0.1) is 0 Å². The van der Waals surface area contributed by atoms with E-state index in [0.717, 1.165) is 5.01 Å². The number of rotatable bonds is 3. The van der Waals surface area contributed by atoms with Crippen molar-refractivity contribution in [2.45, 2.75) is 12.2 Å². The zero-order chi connectivity index (χ0) is 8.97. The Morgan fingerprint density at radius 2 is 2.67 bits per heavy atom. The highest BCUT2D eigenvalue weighted by Crippen LogP contribution is 2.03. The average Bonchev–Trinajstić information content (AvgIpc) is 2.51. The van der Waals surface area contributed by atoms with Gasteiger partial charge in [0, 0.05) is 11.6 Å². The smallest absolute Gasteiger partial charge is 0.270 e. The highest BCUT2D eigenvalue weighted by Gasteiger charge is 2.12. The van der Waals surface area contributed by atoms with Crippen molar-refractivity contribution in [1.82, 2.24) is 10.3 Å². The van der Waals surface area contributed by atoms with E-state index in [0.29, 0.717) is 0 Å². The summed E-state index contributed by atoms with van der Waals surface area (Å²) in [6, 6.07) is 0. The molecule has 0 aliphatic heterocycles. The summed E-state index contributed by atoms with van der Waals surface area (Å²) in [6.07, 6.45) is 1.61. The number of nitrogens with one attached hydrogen (secondary N) is 1. The lowest BCUT2D eigenvalue weighted by atomic mass is 10.6. The normalized spacial score (nSPS) is 12.5. The molecule has 0 aromatic carbocycles. The Hall–Kier alpha value is -0.680. The largest absolute Gasteiger partial charge is 0.346 e. The molecule has 6 heteroatoms. The fourth-order valence-electron chi connectivity index (χ4n) is 0.580. The lowest BCUT2D eigenvalue weighted by Gasteiger charge is -2.00. The highest BCUT2D eigenvalue weighted by atomic mass is 35.5. The van der Waals surface area contributed by atoms with E-state index < -0.39 is 11.5 Å². The molecule has 0 aliphatic rings. The number of hydrogen-bond donors (Lipinski definition) is 1. The fourth-order valence-corrected chi connectivity index (χ4v) is 1.21. The van der Waals surface area contributed by atoms with E-state index in [4.69, 9.17) is 11.6 Å². The molecule has 0 aliphatic carbocycles. The molecule has 1 rings (SSSR count). The van der Waals surface area contributed by atoms with Gasteiger partial charge in [-0.25, -0.2) is 9.37 Å². The maximum atomic E-state index is 12.1. The second kappa shape index (κ2) is 4.37. The van der Waals surface area contributed by atoms with Crippen molar-refractivity contribution in [2.24, 2.45) is 0 Å². The van der Waals surface area contributed by atoms with Gasteiger partial charge in [0.2, 0.25) is 0 Å². The van der Waals surface area contributed by atoms with Crippen LogP contribution in [-0.2, 0) is 11.3 Å². The third-order valence-electron chi connectivity index (χ3n) is 1.10. The van der Waals surface area contributed by atoms with Crippen LogP contribution < -0.4 is 5.32 Å². The third-order valence-corrected chi connectivity index (χ3v) is 2.07. The summed E-state index contributed by atoms with van der Waals surface area (Å²) >= 11 is 6.26. The van der Waals surface area contributed by atoms with Gasteiger partial charge in [-0.1, -0.05) is 11.6 Å². The molecular formula is C6H6ClFN2OS. The monoisotopic (exact) mass is 208 g/mol. The molecule has 0 bridgehead atoms. The van der Waals surface area contributed by atoms with Gasteiger partial charge in [-0.3, -0.25) is 4.79 Å². The minimum Gasteiger partial charge on any atom is -0.346 e. The second-order valence-corrected chi connectivity index (χ2v) is 3.31. The molecule has 0 fully saturated rings. The summed E-state index contributed by atoms with van der Waals surface area (Å²) in [5.74, 6) is -0.827. The van der Waals surface area contributed by atoms with E-state index in [1.165, 1.54) is 11.3 Å². The standard InChI is InChI=1S/C6H6ClFN2OS/c7-5(8)6(11)10-3-4-9-1-2-12-4/h1-2,5H,3H2,(H,10,11). The van der Waals surface area contributed by atoms with Crippen LogP contribution in [0.5, 0.6) is 0 Å². The molecule has 1 amide bonds. The lowest BCUT2D eigenvalue weighted by molar-refractivity contribution is -0.123. The van der Waals surface area contributed by atoms with Gasteiger partial charge in [0.05, 0.1) is 6.54 Å². The SMILES string of the molecule is O=C(NCc1nccs1)C(F)Cl. The van der Waals surface area contributed by atoms with Crippen molar-refractivity contribution >= 4 is 28.8 Å². The zero-order valence-corrected chi connectivity index (χ0v) is 7.53. The van der Waals surface area contributed by atoms with Crippen LogP contribution in [0.3, 0.4) is 0 Å². The van der Waals surface area contributed by atoms with Crippen LogP contribution in [-0.4, -0.2) is 16.5 Å². The number of amides is 1. The molecule has 1 aromatic heterocycles. The Morgan fingerprint density at radius 3 is 3.17 bits per heavy atom. The Morgan fingerprint density at radius 1 is 1.92 bits per heavy atom. The van der Waals surface area contributed by atoms with Gasteiger partial charge in [-0.2, -0.15) is 0 Å². The minimum atomic E-state index is -1.98. The van der Waals surface area contributed by atoms with Crippen LogP contribution in [0.1, 0.15) is 5.01 Å². The van der Waals surface area contributed by atoms with Crippen molar-refractivity contribution in [3.05, 3.63) is 16.6 Å². The van der Waals surface area contributed by atoms with Crippen molar-refractivity contribution in [2.75, 3.05) is 0 Å². The molecule has 0 spiro atoms. The topological polar surface area (TPSA) is 42.0 Å². The number of carbonyl (C=O) groups is 1. The Labute approximate surface area is 77.6 Å². The van der Waals surface area contributed by atoms with Crippen molar-refractivity contribution < 1.29 is 9.18 Å². The lowest BCUT2D eigenvalue weighted by Crippen LogP contribution is -2.28. The maximum Gasteiger partial charge on any atom is 0.270 e. The van der Waals surface area contributed by atoms with E-state index in [2.05, 4.69) is 10.3 Å². The quantitative estimate of drug-likeness (QED) is 0.761.